The first kappa shape index (κ1) is 9.34. The van der Waals surface area contributed by atoms with Gasteiger partial charge in [0.1, 0.15) is 0 Å². The molecule has 1 N–H and O–H groups in total. The molecule has 0 saturated carbocycles. The van der Waals surface area contributed by atoms with Crippen LogP contribution >= 0.6 is 0 Å². The van der Waals surface area contributed by atoms with Crippen molar-refractivity contribution in [2.75, 3.05) is 26.2 Å². The number of rotatable bonds is 1. The number of halogens is 2. The van der Waals surface area contributed by atoms with Crippen LogP contribution in [0.15, 0.2) is 0 Å². The molecule has 0 spiro atoms. The van der Waals surface area contributed by atoms with Gasteiger partial charge in [0.15, 0.2) is 0 Å². The average Bonchev–Trinajstić information content (AvgIpc) is 2.47. The monoisotopic (exact) mass is 190 g/mol. The molecule has 1 unspecified atom stereocenters. The summed E-state index contributed by atoms with van der Waals surface area (Å²) < 4.78 is 26.6. The highest BCUT2D eigenvalue weighted by molar-refractivity contribution is 4.95. The van der Waals surface area contributed by atoms with Gasteiger partial charge in [-0.05, 0) is 25.9 Å². The lowest BCUT2D eigenvalue weighted by Gasteiger charge is -2.34. The molecule has 0 aliphatic carbocycles. The van der Waals surface area contributed by atoms with Crippen molar-refractivity contribution in [2.45, 2.75) is 31.2 Å². The molecule has 2 heterocycles. The van der Waals surface area contributed by atoms with E-state index in [0.717, 1.165) is 25.9 Å². The van der Waals surface area contributed by atoms with E-state index in [4.69, 9.17) is 0 Å². The van der Waals surface area contributed by atoms with Gasteiger partial charge in [0.2, 0.25) is 0 Å². The molecular weight excluding hydrogens is 174 g/mol. The van der Waals surface area contributed by atoms with Crippen LogP contribution in [0.3, 0.4) is 0 Å². The van der Waals surface area contributed by atoms with E-state index in [1.807, 2.05) is 4.90 Å². The lowest BCUT2D eigenvalue weighted by molar-refractivity contribution is -0.0525. The molecular formula is C9H16F2N2. The van der Waals surface area contributed by atoms with Gasteiger partial charge in [0.25, 0.3) is 5.92 Å². The Balaban J connectivity index is 1.98. The maximum absolute atomic E-state index is 13.3. The maximum atomic E-state index is 13.3. The standard InChI is InChI=1S/C9H16F2N2/c10-9(11)7-12-6-8(9)13-4-2-1-3-5-13/h8,12H,1-7H2. The molecule has 2 nitrogen and oxygen atoms in total. The minimum Gasteiger partial charge on any atom is -0.309 e. The summed E-state index contributed by atoms with van der Waals surface area (Å²) in [5.41, 5.74) is 0. The topological polar surface area (TPSA) is 15.3 Å². The second kappa shape index (κ2) is 3.50. The minimum atomic E-state index is -2.52. The second-order valence-electron chi connectivity index (χ2n) is 4.00. The Morgan fingerprint density at radius 2 is 1.85 bits per heavy atom. The summed E-state index contributed by atoms with van der Waals surface area (Å²) in [6.45, 7) is 2.00. The molecule has 13 heavy (non-hydrogen) atoms. The normalized spacial score (nSPS) is 35.1. The fourth-order valence-corrected chi connectivity index (χ4v) is 2.27. The van der Waals surface area contributed by atoms with Crippen molar-refractivity contribution in [2.24, 2.45) is 0 Å². The van der Waals surface area contributed by atoms with Gasteiger partial charge >= 0.3 is 0 Å². The van der Waals surface area contributed by atoms with E-state index >= 15 is 0 Å². The molecule has 0 aromatic carbocycles. The molecule has 2 aliphatic heterocycles. The van der Waals surface area contributed by atoms with E-state index < -0.39 is 12.0 Å². The zero-order valence-electron chi connectivity index (χ0n) is 7.73. The number of alkyl halides is 2. The summed E-state index contributed by atoms with van der Waals surface area (Å²) in [6, 6.07) is -0.548. The van der Waals surface area contributed by atoms with Gasteiger partial charge in [-0.15, -0.1) is 0 Å². The van der Waals surface area contributed by atoms with Crippen LogP contribution in [0, 0.1) is 0 Å². The third-order valence-electron chi connectivity index (χ3n) is 3.02. The van der Waals surface area contributed by atoms with E-state index in [9.17, 15) is 8.78 Å². The third-order valence-corrected chi connectivity index (χ3v) is 3.02. The van der Waals surface area contributed by atoms with Crippen molar-refractivity contribution in [1.29, 1.82) is 0 Å². The Labute approximate surface area is 77.3 Å². The van der Waals surface area contributed by atoms with Crippen molar-refractivity contribution >= 4 is 0 Å². The summed E-state index contributed by atoms with van der Waals surface area (Å²) in [4.78, 5) is 1.95. The van der Waals surface area contributed by atoms with E-state index in [0.29, 0.717) is 6.54 Å². The first-order valence-corrected chi connectivity index (χ1v) is 5.03. The maximum Gasteiger partial charge on any atom is 0.276 e. The van der Waals surface area contributed by atoms with Gasteiger partial charge in [-0.25, -0.2) is 8.78 Å². The Hall–Kier alpha value is -0.220. The van der Waals surface area contributed by atoms with Crippen LogP contribution in [0.2, 0.25) is 0 Å². The summed E-state index contributed by atoms with van der Waals surface area (Å²) in [5, 5.41) is 2.77. The number of nitrogens with one attached hydrogen (secondary N) is 1. The summed E-state index contributed by atoms with van der Waals surface area (Å²) in [6.07, 6.45) is 3.35. The first-order chi connectivity index (χ1) is 6.20. The second-order valence-corrected chi connectivity index (χ2v) is 4.00. The van der Waals surface area contributed by atoms with E-state index in [1.165, 1.54) is 6.42 Å². The molecule has 0 aromatic heterocycles. The molecule has 4 heteroatoms. The van der Waals surface area contributed by atoms with Gasteiger partial charge in [-0.2, -0.15) is 0 Å². The van der Waals surface area contributed by atoms with E-state index in [2.05, 4.69) is 5.32 Å². The molecule has 1 atom stereocenters. The molecule has 0 amide bonds. The van der Waals surface area contributed by atoms with Gasteiger partial charge in [0.05, 0.1) is 12.6 Å². The fraction of sp³-hybridized carbons (Fsp3) is 1.00. The van der Waals surface area contributed by atoms with Crippen LogP contribution in [0.25, 0.3) is 0 Å². The number of hydrogen-bond acceptors (Lipinski definition) is 2. The number of nitrogens with zero attached hydrogens (tertiary/aromatic N) is 1. The minimum absolute atomic E-state index is 0.145. The largest absolute Gasteiger partial charge is 0.309 e. The summed E-state index contributed by atoms with van der Waals surface area (Å²) in [7, 11) is 0. The summed E-state index contributed by atoms with van der Waals surface area (Å²) >= 11 is 0. The zero-order valence-corrected chi connectivity index (χ0v) is 7.73. The van der Waals surface area contributed by atoms with Crippen LogP contribution in [-0.2, 0) is 0 Å². The quantitative estimate of drug-likeness (QED) is 0.665. The Morgan fingerprint density at radius 1 is 1.15 bits per heavy atom. The number of likely N-dealkylation sites (tertiary alicyclic amines) is 1. The van der Waals surface area contributed by atoms with Gasteiger partial charge in [-0.1, -0.05) is 6.42 Å². The molecule has 2 saturated heterocycles. The zero-order chi connectivity index (χ0) is 9.31. The van der Waals surface area contributed by atoms with Crippen LogP contribution in [0.5, 0.6) is 0 Å². The lowest BCUT2D eigenvalue weighted by atomic mass is 10.1. The van der Waals surface area contributed by atoms with Crippen molar-refractivity contribution in [3.05, 3.63) is 0 Å². The van der Waals surface area contributed by atoms with Gasteiger partial charge in [0, 0.05) is 6.54 Å². The number of hydrogen-bond donors (Lipinski definition) is 1. The van der Waals surface area contributed by atoms with Crippen LogP contribution in [-0.4, -0.2) is 43.0 Å². The van der Waals surface area contributed by atoms with Crippen molar-refractivity contribution in [1.82, 2.24) is 10.2 Å². The van der Waals surface area contributed by atoms with E-state index in [-0.39, 0.29) is 6.54 Å². The Bertz CT molecular complexity index is 178. The molecule has 0 aromatic rings. The SMILES string of the molecule is FC1(F)CNCC1N1CCCCC1. The molecule has 0 radical (unpaired) electrons. The van der Waals surface area contributed by atoms with Crippen molar-refractivity contribution in [3.63, 3.8) is 0 Å². The number of piperidine rings is 1. The van der Waals surface area contributed by atoms with Crippen LogP contribution < -0.4 is 5.32 Å². The lowest BCUT2D eigenvalue weighted by Crippen LogP contribution is -2.49. The molecule has 0 bridgehead atoms. The van der Waals surface area contributed by atoms with E-state index in [1.54, 1.807) is 0 Å². The van der Waals surface area contributed by atoms with Crippen molar-refractivity contribution in [3.8, 4) is 0 Å². The predicted molar refractivity (Wildman–Crippen MR) is 47.0 cm³/mol. The Kier molecular flexibility index (Phi) is 2.51. The average molecular weight is 190 g/mol. The van der Waals surface area contributed by atoms with Crippen LogP contribution in [0.1, 0.15) is 19.3 Å². The smallest absolute Gasteiger partial charge is 0.276 e. The third kappa shape index (κ3) is 1.83. The Morgan fingerprint density at radius 3 is 2.38 bits per heavy atom. The van der Waals surface area contributed by atoms with Crippen LogP contribution in [0.4, 0.5) is 8.78 Å². The molecule has 2 fully saturated rings. The first-order valence-electron chi connectivity index (χ1n) is 5.03. The predicted octanol–water partition coefficient (Wildman–Crippen LogP) is 1.08. The fourth-order valence-electron chi connectivity index (χ4n) is 2.27. The highest BCUT2D eigenvalue weighted by Gasteiger charge is 2.46. The molecule has 76 valence electrons. The highest BCUT2D eigenvalue weighted by atomic mass is 19.3. The highest BCUT2D eigenvalue weighted by Crippen LogP contribution is 2.28. The van der Waals surface area contributed by atoms with Gasteiger partial charge in [-0.3, -0.25) is 4.90 Å². The molecule has 2 rings (SSSR count). The molecule has 2 aliphatic rings. The van der Waals surface area contributed by atoms with Crippen molar-refractivity contribution < 1.29 is 8.78 Å². The van der Waals surface area contributed by atoms with Gasteiger partial charge < -0.3 is 5.32 Å². The summed E-state index contributed by atoms with van der Waals surface area (Å²) in [5.74, 6) is -2.52.